The Morgan fingerprint density at radius 3 is 2.61 bits per heavy atom. The molecule has 2 N–H and O–H groups in total. The zero-order valence-corrected chi connectivity index (χ0v) is 16.0. The van der Waals surface area contributed by atoms with E-state index in [0.29, 0.717) is 11.8 Å². The van der Waals surface area contributed by atoms with Crippen molar-refractivity contribution < 1.29 is 14.6 Å². The number of hydrogen-bond donors (Lipinski definition) is 2. The van der Waals surface area contributed by atoms with Gasteiger partial charge in [0, 0.05) is 5.39 Å². The molecular formula is C22H18N2O3S. The highest BCUT2D eigenvalue weighted by Crippen LogP contribution is 2.33. The van der Waals surface area contributed by atoms with Gasteiger partial charge in [0.1, 0.15) is 10.7 Å². The van der Waals surface area contributed by atoms with Crippen LogP contribution in [-0.4, -0.2) is 27.7 Å². The Hall–Kier alpha value is -3.25. The molecule has 0 fully saturated rings. The summed E-state index contributed by atoms with van der Waals surface area (Å²) in [7, 11) is 0. The van der Waals surface area contributed by atoms with Crippen molar-refractivity contribution in [2.75, 3.05) is 6.61 Å². The molecule has 28 heavy (non-hydrogen) atoms. The SMILES string of the molecule is CCOc1ccc(/C=C(\Sc2nc3ccccc3[nH]2)C(=O)O)c2ccccc12. The lowest BCUT2D eigenvalue weighted by atomic mass is 10.0. The van der Waals surface area contributed by atoms with Gasteiger partial charge in [-0.15, -0.1) is 0 Å². The van der Waals surface area contributed by atoms with Crippen molar-refractivity contribution in [3.05, 3.63) is 71.1 Å². The van der Waals surface area contributed by atoms with Crippen molar-refractivity contribution in [2.24, 2.45) is 0 Å². The van der Waals surface area contributed by atoms with E-state index in [9.17, 15) is 9.90 Å². The number of para-hydroxylation sites is 2. The van der Waals surface area contributed by atoms with Crippen LogP contribution in [0.3, 0.4) is 0 Å². The van der Waals surface area contributed by atoms with Gasteiger partial charge >= 0.3 is 5.97 Å². The lowest BCUT2D eigenvalue weighted by Crippen LogP contribution is -1.98. The molecule has 6 heteroatoms. The van der Waals surface area contributed by atoms with E-state index in [-0.39, 0.29) is 4.91 Å². The van der Waals surface area contributed by atoms with Gasteiger partial charge in [0.2, 0.25) is 0 Å². The Labute approximate surface area is 166 Å². The molecule has 0 atom stereocenters. The molecule has 1 aromatic heterocycles. The van der Waals surface area contributed by atoms with Crippen LogP contribution in [0.5, 0.6) is 5.75 Å². The summed E-state index contributed by atoms with van der Waals surface area (Å²) in [5, 5.41) is 12.2. The van der Waals surface area contributed by atoms with Crippen LogP contribution < -0.4 is 4.74 Å². The third-order valence-corrected chi connectivity index (χ3v) is 5.19. The van der Waals surface area contributed by atoms with Crippen molar-refractivity contribution in [1.82, 2.24) is 9.97 Å². The second kappa shape index (κ2) is 7.78. The highest BCUT2D eigenvalue weighted by molar-refractivity contribution is 8.04. The molecule has 140 valence electrons. The second-order valence-corrected chi connectivity index (χ2v) is 7.14. The highest BCUT2D eigenvalue weighted by Gasteiger charge is 2.14. The number of imidazole rings is 1. The smallest absolute Gasteiger partial charge is 0.342 e. The third-order valence-electron chi connectivity index (χ3n) is 4.29. The number of carbonyl (C=O) groups is 1. The summed E-state index contributed by atoms with van der Waals surface area (Å²) in [5.74, 6) is -0.208. The standard InChI is InChI=1S/C22H18N2O3S/c1-2-27-19-12-11-14(15-7-3-4-8-16(15)19)13-20(21(25)26)28-22-23-17-9-5-6-10-18(17)24-22/h3-13H,2H2,1H3,(H,23,24)(H,25,26)/b20-13-. The van der Waals surface area contributed by atoms with Gasteiger partial charge in [-0.05, 0) is 53.9 Å². The Morgan fingerprint density at radius 2 is 1.86 bits per heavy atom. The first-order chi connectivity index (χ1) is 13.7. The summed E-state index contributed by atoms with van der Waals surface area (Å²) in [4.78, 5) is 19.7. The maximum Gasteiger partial charge on any atom is 0.342 e. The molecule has 0 aliphatic heterocycles. The number of aromatic nitrogens is 2. The number of thioether (sulfide) groups is 1. The predicted octanol–water partition coefficient (Wildman–Crippen LogP) is 5.33. The zero-order valence-electron chi connectivity index (χ0n) is 15.2. The summed E-state index contributed by atoms with van der Waals surface area (Å²) in [6, 6.07) is 19.2. The van der Waals surface area contributed by atoms with E-state index in [2.05, 4.69) is 9.97 Å². The number of aliphatic carboxylic acids is 1. The van der Waals surface area contributed by atoms with E-state index in [1.165, 1.54) is 0 Å². The van der Waals surface area contributed by atoms with Crippen molar-refractivity contribution in [1.29, 1.82) is 0 Å². The number of benzene rings is 3. The van der Waals surface area contributed by atoms with Crippen LogP contribution >= 0.6 is 11.8 Å². The molecule has 0 saturated carbocycles. The molecule has 1 heterocycles. The van der Waals surface area contributed by atoms with Gasteiger partial charge in [0.25, 0.3) is 0 Å². The summed E-state index contributed by atoms with van der Waals surface area (Å²) in [5.41, 5.74) is 2.50. The molecule has 4 aromatic rings. The average molecular weight is 390 g/mol. The summed E-state index contributed by atoms with van der Waals surface area (Å²) in [6.45, 7) is 2.51. The second-order valence-electron chi connectivity index (χ2n) is 6.11. The van der Waals surface area contributed by atoms with Crippen LogP contribution in [0.15, 0.2) is 70.7 Å². The fourth-order valence-corrected chi connectivity index (χ4v) is 3.85. The van der Waals surface area contributed by atoms with E-state index < -0.39 is 5.97 Å². The molecule has 5 nitrogen and oxygen atoms in total. The molecule has 0 unspecified atom stereocenters. The first-order valence-electron chi connectivity index (χ1n) is 8.88. The van der Waals surface area contributed by atoms with Gasteiger partial charge in [-0.3, -0.25) is 0 Å². The first kappa shape index (κ1) is 18.1. The Kier molecular flexibility index (Phi) is 5.04. The van der Waals surface area contributed by atoms with Gasteiger partial charge in [0.15, 0.2) is 5.16 Å². The Morgan fingerprint density at radius 1 is 1.11 bits per heavy atom. The number of ether oxygens (including phenoxy) is 1. The van der Waals surface area contributed by atoms with Gasteiger partial charge in [0.05, 0.1) is 17.6 Å². The van der Waals surface area contributed by atoms with Crippen molar-refractivity contribution in [3.8, 4) is 5.75 Å². The van der Waals surface area contributed by atoms with Crippen LogP contribution in [0.2, 0.25) is 0 Å². The van der Waals surface area contributed by atoms with Crippen LogP contribution in [0.25, 0.3) is 27.9 Å². The van der Waals surface area contributed by atoms with E-state index in [4.69, 9.17) is 4.74 Å². The van der Waals surface area contributed by atoms with Gasteiger partial charge in [-0.25, -0.2) is 9.78 Å². The molecule has 0 aliphatic rings. The molecule has 3 aromatic carbocycles. The van der Waals surface area contributed by atoms with E-state index >= 15 is 0 Å². The predicted molar refractivity (Wildman–Crippen MR) is 113 cm³/mol. The van der Waals surface area contributed by atoms with Gasteiger partial charge in [-0.1, -0.05) is 42.5 Å². The quantitative estimate of drug-likeness (QED) is 0.344. The Bertz CT molecular complexity index is 1160. The van der Waals surface area contributed by atoms with Crippen molar-refractivity contribution >= 4 is 45.6 Å². The maximum atomic E-state index is 11.9. The summed E-state index contributed by atoms with van der Waals surface area (Å²) in [6.07, 6.45) is 1.68. The largest absolute Gasteiger partial charge is 0.493 e. The monoisotopic (exact) mass is 390 g/mol. The molecule has 4 rings (SSSR count). The fourth-order valence-electron chi connectivity index (χ4n) is 3.06. The average Bonchev–Trinajstić information content (AvgIpc) is 3.11. The number of carboxylic acids is 1. The molecular weight excluding hydrogens is 372 g/mol. The lowest BCUT2D eigenvalue weighted by molar-refractivity contribution is -0.131. The number of H-pyrrole nitrogens is 1. The molecule has 0 bridgehead atoms. The molecule has 0 saturated heterocycles. The third kappa shape index (κ3) is 3.59. The molecule has 0 aliphatic carbocycles. The minimum atomic E-state index is -0.997. The van der Waals surface area contributed by atoms with Crippen LogP contribution in [0, 0.1) is 0 Å². The van der Waals surface area contributed by atoms with Crippen LogP contribution in [0.4, 0.5) is 0 Å². The van der Waals surface area contributed by atoms with E-state index in [1.54, 1.807) is 6.08 Å². The number of hydrogen-bond acceptors (Lipinski definition) is 4. The van der Waals surface area contributed by atoms with Gasteiger partial charge < -0.3 is 14.8 Å². The number of aromatic amines is 1. The zero-order chi connectivity index (χ0) is 19.5. The summed E-state index contributed by atoms with van der Waals surface area (Å²) >= 11 is 1.10. The first-order valence-corrected chi connectivity index (χ1v) is 9.69. The fraction of sp³-hybridized carbons (Fsp3) is 0.0909. The normalized spacial score (nSPS) is 11.8. The van der Waals surface area contributed by atoms with Crippen molar-refractivity contribution in [2.45, 2.75) is 12.1 Å². The topological polar surface area (TPSA) is 75.2 Å². The van der Waals surface area contributed by atoms with Crippen molar-refractivity contribution in [3.63, 3.8) is 0 Å². The van der Waals surface area contributed by atoms with Crippen LogP contribution in [0.1, 0.15) is 12.5 Å². The summed E-state index contributed by atoms with van der Waals surface area (Å²) < 4.78 is 5.70. The number of nitrogens with one attached hydrogen (secondary N) is 1. The number of rotatable bonds is 6. The minimum absolute atomic E-state index is 0.188. The maximum absolute atomic E-state index is 11.9. The molecule has 0 radical (unpaired) electrons. The highest BCUT2D eigenvalue weighted by atomic mass is 32.2. The lowest BCUT2D eigenvalue weighted by Gasteiger charge is -2.10. The van der Waals surface area contributed by atoms with Gasteiger partial charge in [-0.2, -0.15) is 0 Å². The van der Waals surface area contributed by atoms with Crippen LogP contribution in [-0.2, 0) is 4.79 Å². The number of nitrogens with zero attached hydrogens (tertiary/aromatic N) is 1. The molecule has 0 spiro atoms. The van der Waals surface area contributed by atoms with E-state index in [1.807, 2.05) is 67.6 Å². The number of carboxylic acid groups (broad SMARTS) is 1. The number of fused-ring (bicyclic) bond motifs is 2. The van der Waals surface area contributed by atoms with E-state index in [0.717, 1.165) is 44.9 Å². The minimum Gasteiger partial charge on any atom is -0.493 e. The Balaban J connectivity index is 1.76. The molecule has 0 amide bonds.